The first-order valence-electron chi connectivity index (χ1n) is 10.0. The molecule has 1 aliphatic heterocycles. The molecular formula is C23H23ClN2O5S. The van der Waals surface area contributed by atoms with E-state index in [0.29, 0.717) is 41.0 Å². The number of carbonyl (C=O) groups is 3. The van der Waals surface area contributed by atoms with Crippen molar-refractivity contribution in [3.8, 4) is 11.5 Å². The number of imide groups is 1. The Morgan fingerprint density at radius 2 is 1.81 bits per heavy atom. The summed E-state index contributed by atoms with van der Waals surface area (Å²) < 4.78 is 11.1. The summed E-state index contributed by atoms with van der Waals surface area (Å²) in [5.74, 6) is 0.142. The van der Waals surface area contributed by atoms with E-state index in [4.69, 9.17) is 21.1 Å². The van der Waals surface area contributed by atoms with Crippen LogP contribution in [0, 0.1) is 6.92 Å². The summed E-state index contributed by atoms with van der Waals surface area (Å²) in [4.78, 5) is 38.6. The lowest BCUT2D eigenvalue weighted by molar-refractivity contribution is -0.127. The Balaban J connectivity index is 1.72. The molecule has 1 saturated heterocycles. The van der Waals surface area contributed by atoms with Gasteiger partial charge >= 0.3 is 0 Å². The lowest BCUT2D eigenvalue weighted by atomic mass is 10.2. The van der Waals surface area contributed by atoms with Crippen LogP contribution in [0.15, 0.2) is 41.3 Å². The minimum atomic E-state index is -0.524. The van der Waals surface area contributed by atoms with Crippen molar-refractivity contribution in [3.63, 3.8) is 0 Å². The van der Waals surface area contributed by atoms with Gasteiger partial charge in [0.05, 0.1) is 18.1 Å². The topological polar surface area (TPSA) is 84.9 Å². The van der Waals surface area contributed by atoms with Gasteiger partial charge < -0.3 is 14.8 Å². The molecule has 0 saturated carbocycles. The van der Waals surface area contributed by atoms with Crippen molar-refractivity contribution in [2.75, 3.05) is 25.1 Å². The van der Waals surface area contributed by atoms with Crippen molar-refractivity contribution < 1.29 is 23.9 Å². The van der Waals surface area contributed by atoms with E-state index in [1.165, 1.54) is 0 Å². The molecule has 32 heavy (non-hydrogen) atoms. The SMILES string of the molecule is CCOc1ccc(/C=C2/SC(=O)N(CC(=O)Nc3ccc(C)c(Cl)c3)C2=O)cc1OCC. The maximum absolute atomic E-state index is 12.7. The van der Waals surface area contributed by atoms with Crippen LogP contribution >= 0.6 is 23.4 Å². The Morgan fingerprint density at radius 1 is 1.09 bits per heavy atom. The number of ether oxygens (including phenoxy) is 2. The van der Waals surface area contributed by atoms with Crippen LogP contribution in [0.1, 0.15) is 25.0 Å². The number of benzene rings is 2. The van der Waals surface area contributed by atoms with E-state index in [1.807, 2.05) is 20.8 Å². The molecule has 2 aromatic rings. The monoisotopic (exact) mass is 474 g/mol. The first kappa shape index (κ1) is 23.7. The molecule has 0 aromatic heterocycles. The number of rotatable bonds is 8. The highest BCUT2D eigenvalue weighted by atomic mass is 35.5. The summed E-state index contributed by atoms with van der Waals surface area (Å²) in [6.45, 7) is 6.16. The first-order valence-corrected chi connectivity index (χ1v) is 11.2. The molecule has 0 atom stereocenters. The lowest BCUT2D eigenvalue weighted by Crippen LogP contribution is -2.36. The van der Waals surface area contributed by atoms with E-state index < -0.39 is 17.1 Å². The number of hydrogen-bond acceptors (Lipinski definition) is 6. The number of amides is 3. The third-order valence-electron chi connectivity index (χ3n) is 4.50. The fourth-order valence-electron chi connectivity index (χ4n) is 2.96. The third-order valence-corrected chi connectivity index (χ3v) is 5.81. The Labute approximate surface area is 195 Å². The van der Waals surface area contributed by atoms with E-state index >= 15 is 0 Å². The number of anilines is 1. The van der Waals surface area contributed by atoms with Gasteiger partial charge in [-0.05, 0) is 74.0 Å². The van der Waals surface area contributed by atoms with Crippen molar-refractivity contribution in [3.05, 3.63) is 57.5 Å². The average molecular weight is 475 g/mol. The van der Waals surface area contributed by atoms with Crippen molar-refractivity contribution in [2.24, 2.45) is 0 Å². The normalized spacial score (nSPS) is 14.8. The quantitative estimate of drug-likeness (QED) is 0.534. The second-order valence-corrected chi connectivity index (χ2v) is 8.25. The van der Waals surface area contributed by atoms with Gasteiger partial charge in [-0.1, -0.05) is 23.7 Å². The Kier molecular flexibility index (Phi) is 7.82. The maximum Gasteiger partial charge on any atom is 0.294 e. The predicted molar refractivity (Wildman–Crippen MR) is 126 cm³/mol. The Hall–Kier alpha value is -2.97. The summed E-state index contributed by atoms with van der Waals surface area (Å²) in [5.41, 5.74) is 2.05. The standard InChI is InChI=1S/C23H23ClN2O5S/c1-4-30-18-9-7-15(10-19(18)31-5-2)11-20-22(28)26(23(29)32-20)13-21(27)25-16-8-6-14(3)17(24)12-16/h6-12H,4-5,13H2,1-3H3,(H,25,27)/b20-11+. The van der Waals surface area contributed by atoms with Crippen LogP contribution in [0.5, 0.6) is 11.5 Å². The second-order valence-electron chi connectivity index (χ2n) is 6.85. The van der Waals surface area contributed by atoms with Gasteiger partial charge in [0.1, 0.15) is 6.54 Å². The summed E-state index contributed by atoms with van der Waals surface area (Å²) in [6, 6.07) is 10.4. The van der Waals surface area contributed by atoms with E-state index in [0.717, 1.165) is 22.2 Å². The maximum atomic E-state index is 12.7. The fraction of sp³-hybridized carbons (Fsp3) is 0.261. The molecule has 1 fully saturated rings. The number of carbonyl (C=O) groups excluding carboxylic acids is 3. The molecule has 0 spiro atoms. The number of thioether (sulfide) groups is 1. The second kappa shape index (κ2) is 10.6. The summed E-state index contributed by atoms with van der Waals surface area (Å²) in [7, 11) is 0. The van der Waals surface area contributed by atoms with Crippen molar-refractivity contribution in [1.29, 1.82) is 0 Å². The molecule has 168 valence electrons. The Bertz CT molecular complexity index is 1090. The minimum absolute atomic E-state index is 0.229. The van der Waals surface area contributed by atoms with Crippen LogP contribution in [-0.2, 0) is 9.59 Å². The van der Waals surface area contributed by atoms with E-state index in [1.54, 1.807) is 42.5 Å². The third kappa shape index (κ3) is 5.63. The molecule has 1 aliphatic rings. The molecule has 0 aliphatic carbocycles. The molecule has 0 radical (unpaired) electrons. The van der Waals surface area contributed by atoms with Gasteiger partial charge in [0.2, 0.25) is 5.91 Å². The average Bonchev–Trinajstić information content (AvgIpc) is 3.00. The predicted octanol–water partition coefficient (Wildman–Crippen LogP) is 5.12. The molecular weight excluding hydrogens is 452 g/mol. The number of nitrogens with zero attached hydrogens (tertiary/aromatic N) is 1. The fourth-order valence-corrected chi connectivity index (χ4v) is 3.98. The molecule has 3 amide bonds. The molecule has 9 heteroatoms. The van der Waals surface area contributed by atoms with Crippen LogP contribution in [0.25, 0.3) is 6.08 Å². The first-order chi connectivity index (χ1) is 15.3. The van der Waals surface area contributed by atoms with Gasteiger partial charge in [0, 0.05) is 10.7 Å². The summed E-state index contributed by atoms with van der Waals surface area (Å²) >= 11 is 6.86. The number of hydrogen-bond donors (Lipinski definition) is 1. The lowest BCUT2D eigenvalue weighted by Gasteiger charge is -2.13. The summed E-state index contributed by atoms with van der Waals surface area (Å²) in [5, 5.41) is 2.66. The van der Waals surface area contributed by atoms with Crippen LogP contribution in [0.3, 0.4) is 0 Å². The number of aryl methyl sites for hydroxylation is 1. The zero-order valence-electron chi connectivity index (χ0n) is 17.9. The van der Waals surface area contributed by atoms with Gasteiger partial charge in [-0.2, -0.15) is 0 Å². The van der Waals surface area contributed by atoms with Gasteiger partial charge in [0.25, 0.3) is 11.1 Å². The molecule has 1 heterocycles. The van der Waals surface area contributed by atoms with Crippen LogP contribution < -0.4 is 14.8 Å². The largest absolute Gasteiger partial charge is 0.490 e. The van der Waals surface area contributed by atoms with Crippen molar-refractivity contribution in [2.45, 2.75) is 20.8 Å². The molecule has 1 N–H and O–H groups in total. The van der Waals surface area contributed by atoms with Crippen LogP contribution in [-0.4, -0.2) is 41.7 Å². The minimum Gasteiger partial charge on any atom is -0.490 e. The molecule has 3 rings (SSSR count). The van der Waals surface area contributed by atoms with Gasteiger partial charge in [-0.25, -0.2) is 0 Å². The van der Waals surface area contributed by atoms with Crippen molar-refractivity contribution >= 4 is 52.2 Å². The molecule has 2 aromatic carbocycles. The van der Waals surface area contributed by atoms with Gasteiger partial charge in [0.15, 0.2) is 11.5 Å². The smallest absolute Gasteiger partial charge is 0.294 e. The highest BCUT2D eigenvalue weighted by molar-refractivity contribution is 8.18. The van der Waals surface area contributed by atoms with Gasteiger partial charge in [-0.15, -0.1) is 0 Å². The Morgan fingerprint density at radius 3 is 2.50 bits per heavy atom. The van der Waals surface area contributed by atoms with Crippen molar-refractivity contribution in [1.82, 2.24) is 4.90 Å². The van der Waals surface area contributed by atoms with Crippen LogP contribution in [0.2, 0.25) is 5.02 Å². The van der Waals surface area contributed by atoms with E-state index in [2.05, 4.69) is 5.32 Å². The molecule has 7 nitrogen and oxygen atoms in total. The number of halogens is 1. The van der Waals surface area contributed by atoms with E-state index in [-0.39, 0.29) is 11.4 Å². The van der Waals surface area contributed by atoms with Crippen LogP contribution in [0.4, 0.5) is 10.5 Å². The van der Waals surface area contributed by atoms with E-state index in [9.17, 15) is 14.4 Å². The summed E-state index contributed by atoms with van der Waals surface area (Å²) in [6.07, 6.45) is 1.60. The number of nitrogens with one attached hydrogen (secondary N) is 1. The van der Waals surface area contributed by atoms with Gasteiger partial charge in [-0.3, -0.25) is 19.3 Å². The highest BCUT2D eigenvalue weighted by Crippen LogP contribution is 2.34. The molecule has 0 bridgehead atoms. The molecule has 0 unspecified atom stereocenters. The highest BCUT2D eigenvalue weighted by Gasteiger charge is 2.36. The zero-order valence-corrected chi connectivity index (χ0v) is 19.5. The zero-order chi connectivity index (χ0) is 23.3.